The Morgan fingerprint density at radius 1 is 0.968 bits per heavy atom. The number of carbonyl (C=O) groups excluding carboxylic acids is 4. The number of H-pyrrole nitrogens is 1. The molecule has 19 nitrogen and oxygen atoms in total. The van der Waals surface area contributed by atoms with Gasteiger partial charge in [-0.1, -0.05) is 11.2 Å². The molecular weight excluding hydrogens is 837 g/mol. The summed E-state index contributed by atoms with van der Waals surface area (Å²) in [4.78, 5) is 74.2. The van der Waals surface area contributed by atoms with Crippen LogP contribution in [0, 0.1) is 0 Å². The van der Waals surface area contributed by atoms with Gasteiger partial charge in [0.2, 0.25) is 5.91 Å². The highest BCUT2D eigenvalue weighted by molar-refractivity contribution is 7.80. The lowest BCUT2D eigenvalue weighted by molar-refractivity contribution is -0.142. The molecule has 63 heavy (non-hydrogen) atoms. The van der Waals surface area contributed by atoms with Crippen LogP contribution in [0.2, 0.25) is 0 Å². The first kappa shape index (κ1) is 40.9. The average molecular weight is 877 g/mol. The minimum absolute atomic E-state index is 0.00349. The molecule has 8 N–H and O–H groups in total. The van der Waals surface area contributed by atoms with Crippen molar-refractivity contribution in [1.82, 2.24) is 36.0 Å². The number of anilines is 1. The number of imidazole rings is 1. The number of carboxylic acid groups (broad SMARTS) is 1. The van der Waals surface area contributed by atoms with Gasteiger partial charge in [0, 0.05) is 59.6 Å². The summed E-state index contributed by atoms with van der Waals surface area (Å²) in [6.07, 6.45) is 6.69. The third-order valence-electron chi connectivity index (χ3n) is 11.6. The Morgan fingerprint density at radius 3 is 2.38 bits per heavy atom. The van der Waals surface area contributed by atoms with Crippen molar-refractivity contribution < 1.29 is 53.3 Å². The van der Waals surface area contributed by atoms with Crippen LogP contribution in [0.1, 0.15) is 98.1 Å². The Bertz CT molecular complexity index is 2610. The molecule has 0 unspecified atom stereocenters. The number of ether oxygens (including phenoxy) is 2. The molecule has 9 rings (SSSR count). The molecule has 1 saturated heterocycles. The molecule has 3 atom stereocenters. The molecule has 5 aromatic rings. The number of nitrogens with one attached hydrogen (secondary N) is 5. The first-order chi connectivity index (χ1) is 30.4. The van der Waals surface area contributed by atoms with Gasteiger partial charge < -0.3 is 60.5 Å². The predicted octanol–water partition coefficient (Wildman–Crippen LogP) is 3.99. The fourth-order valence-electron chi connectivity index (χ4n) is 8.42. The van der Waals surface area contributed by atoms with E-state index >= 15 is 0 Å². The Hall–Kier alpha value is -7.48. The Labute approximate surface area is 363 Å². The number of hydrogen-bond donors (Lipinski definition) is 8. The fourth-order valence-corrected chi connectivity index (χ4v) is 8.64. The zero-order valence-corrected chi connectivity index (χ0v) is 34.1. The maximum atomic E-state index is 13.8. The van der Waals surface area contributed by atoms with E-state index in [0.29, 0.717) is 47.5 Å². The molecule has 3 aromatic carbocycles. The molecule has 324 valence electrons. The zero-order chi connectivity index (χ0) is 44.0. The van der Waals surface area contributed by atoms with Crippen molar-refractivity contribution in [3.05, 3.63) is 113 Å². The van der Waals surface area contributed by atoms with Crippen LogP contribution in [0.4, 0.5) is 5.69 Å². The third kappa shape index (κ3) is 7.84. The van der Waals surface area contributed by atoms with Crippen LogP contribution >= 0.6 is 12.2 Å². The van der Waals surface area contributed by atoms with Crippen molar-refractivity contribution >= 4 is 52.7 Å². The van der Waals surface area contributed by atoms with E-state index in [1.165, 1.54) is 47.9 Å². The van der Waals surface area contributed by atoms with Gasteiger partial charge in [0.25, 0.3) is 11.8 Å². The number of hydrogen-bond acceptors (Lipinski definition) is 13. The maximum absolute atomic E-state index is 13.8. The number of likely N-dealkylation sites (tertiary alicyclic amines) is 1. The second-order valence-corrected chi connectivity index (χ2v) is 16.2. The number of aliphatic carboxylic acids is 1. The van der Waals surface area contributed by atoms with Crippen LogP contribution < -0.4 is 26.0 Å². The van der Waals surface area contributed by atoms with Crippen LogP contribution in [0.25, 0.3) is 0 Å². The van der Waals surface area contributed by atoms with Gasteiger partial charge >= 0.3 is 11.9 Å². The normalized spacial score (nSPS) is 18.3. The molecule has 4 aliphatic rings. The highest BCUT2D eigenvalue weighted by Gasteiger charge is 2.54. The summed E-state index contributed by atoms with van der Waals surface area (Å²) >= 11 is 5.52. The predicted molar refractivity (Wildman–Crippen MR) is 223 cm³/mol. The first-order valence-corrected chi connectivity index (χ1v) is 20.7. The van der Waals surface area contributed by atoms with Crippen molar-refractivity contribution in [2.45, 2.75) is 68.2 Å². The monoisotopic (exact) mass is 876 g/mol. The lowest BCUT2D eigenvalue weighted by atomic mass is 9.77. The topological polar surface area (TPSA) is 271 Å². The van der Waals surface area contributed by atoms with Crippen molar-refractivity contribution in [2.24, 2.45) is 0 Å². The van der Waals surface area contributed by atoms with Gasteiger partial charge in [-0.2, -0.15) is 0 Å². The lowest BCUT2D eigenvalue weighted by Gasteiger charge is -2.36. The SMILES string of the molecule is O=C(N[C@@H]1C[C@@H](C(=O)N[C@@H](CCCCNC(=S)Nc2ccc3c(c2)C(=O)OC32c3ccc(O)cc3Oc3cc(O)ccc32)C(=O)O)N(C(=O)c2cnoc2C2CC2)C1)c1cnc[nH]1. The van der Waals surface area contributed by atoms with E-state index < -0.39 is 53.4 Å². The molecule has 3 aliphatic heterocycles. The molecule has 2 aromatic heterocycles. The third-order valence-corrected chi connectivity index (χ3v) is 11.8. The number of thiocarbonyl (C=S) groups is 1. The second-order valence-electron chi connectivity index (χ2n) is 15.8. The number of aromatic hydroxyl groups is 2. The van der Waals surface area contributed by atoms with E-state index in [9.17, 15) is 39.3 Å². The summed E-state index contributed by atoms with van der Waals surface area (Å²) in [6, 6.07) is 11.1. The number of phenolic OH excluding ortho intramolecular Hbond substituents is 2. The molecule has 3 amide bonds. The summed E-state index contributed by atoms with van der Waals surface area (Å²) in [5.41, 5.74) is 1.31. The van der Waals surface area contributed by atoms with Crippen molar-refractivity contribution in [3.8, 4) is 23.0 Å². The number of nitrogens with zero attached hydrogens (tertiary/aromatic N) is 3. The van der Waals surface area contributed by atoms with Crippen LogP contribution in [0.3, 0.4) is 0 Å². The van der Waals surface area contributed by atoms with E-state index in [1.54, 1.807) is 30.3 Å². The van der Waals surface area contributed by atoms with Gasteiger partial charge in [-0.3, -0.25) is 14.4 Å². The number of carbonyl (C=O) groups is 5. The number of carboxylic acids is 1. The van der Waals surface area contributed by atoms with Crippen LogP contribution in [0.15, 0.2) is 77.8 Å². The molecule has 0 radical (unpaired) electrons. The van der Waals surface area contributed by atoms with Gasteiger partial charge in [0.15, 0.2) is 16.5 Å². The fraction of sp³-hybridized carbons (Fsp3) is 0.302. The Kier molecular flexibility index (Phi) is 10.7. The molecular formula is C43H40N8O11S. The minimum Gasteiger partial charge on any atom is -0.508 e. The molecule has 1 saturated carbocycles. The summed E-state index contributed by atoms with van der Waals surface area (Å²) in [6.45, 7) is 0.344. The maximum Gasteiger partial charge on any atom is 0.340 e. The van der Waals surface area contributed by atoms with Crippen LogP contribution in [-0.4, -0.2) is 101 Å². The number of benzene rings is 3. The van der Waals surface area contributed by atoms with Gasteiger partial charge in [0.1, 0.15) is 46.3 Å². The smallest absolute Gasteiger partial charge is 0.340 e. The van der Waals surface area contributed by atoms with E-state index in [-0.39, 0.29) is 70.2 Å². The first-order valence-electron chi connectivity index (χ1n) is 20.2. The molecule has 20 heteroatoms. The summed E-state index contributed by atoms with van der Waals surface area (Å²) in [5, 5.41) is 46.1. The molecule has 1 spiro atoms. The standard InChI is InChI=1S/C43H40N8O11S/c52-24-7-10-29-34(15-24)60-35-16-25(53)8-11-30(35)43(29)28-9-6-22(13-26(28)41(59)61-43)49-42(63)45-12-2-1-3-31(40(57)58)50-38(55)33-14-23(48-37(54)32-18-44-20-46-32)19-51(33)39(56)27-17-47-62-36(27)21-4-5-21/h6-11,13,15-18,20-21,23,31,33,52-53H,1-5,12,14,19H2,(H,44,46)(H,48,54)(H,50,55)(H,57,58)(H2,45,49,63)/t23-,31+,33+/m1/s1. The Balaban J connectivity index is 0.807. The van der Waals surface area contributed by atoms with Crippen molar-refractivity contribution in [1.29, 1.82) is 0 Å². The quantitative estimate of drug-likeness (QED) is 0.0472. The number of fused-ring (bicyclic) bond motifs is 6. The van der Waals surface area contributed by atoms with E-state index in [2.05, 4.69) is 36.4 Å². The van der Waals surface area contributed by atoms with Crippen LogP contribution in [-0.2, 0) is 19.9 Å². The van der Waals surface area contributed by atoms with Gasteiger partial charge in [-0.25, -0.2) is 14.6 Å². The zero-order valence-electron chi connectivity index (χ0n) is 33.3. The number of unbranched alkanes of at least 4 members (excludes halogenated alkanes) is 1. The van der Waals surface area contributed by atoms with E-state index in [4.69, 9.17) is 26.2 Å². The van der Waals surface area contributed by atoms with Gasteiger partial charge in [-0.15, -0.1) is 0 Å². The van der Waals surface area contributed by atoms with E-state index in [0.717, 1.165) is 12.8 Å². The van der Waals surface area contributed by atoms with E-state index in [1.807, 2.05) is 0 Å². The summed E-state index contributed by atoms with van der Waals surface area (Å²) < 4.78 is 17.5. The Morgan fingerprint density at radius 2 is 1.70 bits per heavy atom. The minimum atomic E-state index is -1.41. The summed E-state index contributed by atoms with van der Waals surface area (Å²) in [5.74, 6) is -2.55. The number of phenols is 2. The lowest BCUT2D eigenvalue weighted by Crippen LogP contribution is -2.51. The average Bonchev–Trinajstić information content (AvgIpc) is 3.60. The molecule has 0 bridgehead atoms. The van der Waals surface area contributed by atoms with Crippen molar-refractivity contribution in [2.75, 3.05) is 18.4 Å². The van der Waals surface area contributed by atoms with Crippen LogP contribution in [0.5, 0.6) is 23.0 Å². The van der Waals surface area contributed by atoms with Crippen molar-refractivity contribution in [3.63, 3.8) is 0 Å². The number of rotatable bonds is 13. The highest BCUT2D eigenvalue weighted by Crippen LogP contribution is 2.57. The highest BCUT2D eigenvalue weighted by atomic mass is 32.1. The number of aromatic amines is 1. The number of esters is 1. The number of amides is 3. The largest absolute Gasteiger partial charge is 0.508 e. The number of aromatic nitrogens is 3. The van der Waals surface area contributed by atoms with Gasteiger partial charge in [0.05, 0.1) is 24.3 Å². The molecule has 2 fully saturated rings. The second kappa shape index (κ2) is 16.4. The summed E-state index contributed by atoms with van der Waals surface area (Å²) in [7, 11) is 0. The molecule has 1 aliphatic carbocycles. The molecule has 5 heterocycles. The van der Waals surface area contributed by atoms with Gasteiger partial charge in [-0.05, 0) is 87.1 Å².